The minimum Gasteiger partial charge on any atom is -0.369 e. The van der Waals surface area contributed by atoms with Gasteiger partial charge in [0.25, 0.3) is 0 Å². The van der Waals surface area contributed by atoms with Crippen LogP contribution in [0.2, 0.25) is 0 Å². The molecule has 1 atom stereocenters. The third-order valence-corrected chi connectivity index (χ3v) is 6.17. The molecule has 0 spiro atoms. The molecule has 1 fully saturated rings. The average Bonchev–Trinajstić information content (AvgIpc) is 3.19. The number of amides is 2. The minimum atomic E-state index is -4.37. The highest BCUT2D eigenvalue weighted by atomic mass is 32.1. The van der Waals surface area contributed by atoms with Gasteiger partial charge in [0, 0.05) is 24.0 Å². The number of carbonyl (C=O) groups is 2. The van der Waals surface area contributed by atoms with E-state index in [1.165, 1.54) is 23.5 Å². The first kappa shape index (κ1) is 23.2. The summed E-state index contributed by atoms with van der Waals surface area (Å²) in [5.74, 6) is -0.498. The number of benzene rings is 1. The topological polar surface area (TPSA) is 88.3 Å². The summed E-state index contributed by atoms with van der Waals surface area (Å²) in [5.41, 5.74) is 5.85. The fourth-order valence-corrected chi connectivity index (χ4v) is 4.40. The Morgan fingerprint density at radius 1 is 1.26 bits per heavy atom. The summed E-state index contributed by atoms with van der Waals surface area (Å²) < 4.78 is 38.0. The number of piperidine rings is 1. The lowest BCUT2D eigenvalue weighted by atomic mass is 9.97. The van der Waals surface area contributed by atoms with Crippen molar-refractivity contribution >= 4 is 23.2 Å². The normalized spacial score (nSPS) is 17.5. The first-order valence-electron chi connectivity index (χ1n) is 10.1. The second kappa shape index (κ2) is 10.2. The lowest BCUT2D eigenvalue weighted by Gasteiger charge is -2.31. The molecule has 168 valence electrons. The molecule has 0 radical (unpaired) electrons. The van der Waals surface area contributed by atoms with Crippen LogP contribution in [-0.4, -0.2) is 47.9 Å². The molecule has 1 aromatic heterocycles. The molecule has 1 aliphatic heterocycles. The highest BCUT2D eigenvalue weighted by Gasteiger charge is 2.30. The van der Waals surface area contributed by atoms with E-state index in [1.807, 2.05) is 0 Å². The number of hydrogen-bond donors (Lipinski definition) is 2. The molecule has 0 saturated carbocycles. The highest BCUT2D eigenvalue weighted by molar-refractivity contribution is 7.13. The van der Waals surface area contributed by atoms with E-state index in [9.17, 15) is 22.8 Å². The van der Waals surface area contributed by atoms with Crippen molar-refractivity contribution < 1.29 is 22.8 Å². The second-order valence-corrected chi connectivity index (χ2v) is 8.50. The lowest BCUT2D eigenvalue weighted by Crippen LogP contribution is -2.42. The zero-order chi connectivity index (χ0) is 22.4. The molecule has 1 aromatic carbocycles. The van der Waals surface area contributed by atoms with E-state index in [2.05, 4.69) is 15.2 Å². The molecule has 0 aliphatic carbocycles. The molecular formula is C21H25F3N4O2S. The number of halogens is 3. The van der Waals surface area contributed by atoms with E-state index in [0.717, 1.165) is 44.5 Å². The Hall–Kier alpha value is -2.46. The standard InChI is InChI=1S/C21H25F3N4O2S/c22-21(23,24)16-6-4-14(5-7-16)20-27-17(13-31-20)11-18(29)26-8-2-10-28-9-1-3-15(12-28)19(25)30/h4-7,13,15H,1-3,8-12H2,(H2,25,30)(H,26,29). The largest absolute Gasteiger partial charge is 0.416 e. The van der Waals surface area contributed by atoms with Crippen molar-refractivity contribution in [2.75, 3.05) is 26.2 Å². The molecule has 1 unspecified atom stereocenters. The first-order chi connectivity index (χ1) is 14.7. The highest BCUT2D eigenvalue weighted by Crippen LogP contribution is 2.31. The maximum absolute atomic E-state index is 12.7. The number of primary amides is 1. The van der Waals surface area contributed by atoms with Gasteiger partial charge in [0.05, 0.1) is 23.6 Å². The van der Waals surface area contributed by atoms with Crippen LogP contribution in [0.4, 0.5) is 13.2 Å². The summed E-state index contributed by atoms with van der Waals surface area (Å²) in [6, 6.07) is 4.82. The molecule has 2 amide bonds. The third kappa shape index (κ3) is 6.76. The maximum Gasteiger partial charge on any atom is 0.416 e. The Kier molecular flexibility index (Phi) is 7.66. The van der Waals surface area contributed by atoms with Crippen molar-refractivity contribution in [1.29, 1.82) is 0 Å². The molecule has 10 heteroatoms. The van der Waals surface area contributed by atoms with Crippen LogP contribution in [0.1, 0.15) is 30.5 Å². The Bertz CT molecular complexity index is 899. The van der Waals surface area contributed by atoms with E-state index in [4.69, 9.17) is 5.73 Å². The number of rotatable bonds is 8. The van der Waals surface area contributed by atoms with E-state index in [-0.39, 0.29) is 24.2 Å². The summed E-state index contributed by atoms with van der Waals surface area (Å²) in [6.45, 7) is 2.92. The Morgan fingerprint density at radius 3 is 2.68 bits per heavy atom. The van der Waals surface area contributed by atoms with Crippen LogP contribution in [0, 0.1) is 5.92 Å². The SMILES string of the molecule is NC(=O)C1CCCN(CCCNC(=O)Cc2csc(-c3ccc(C(F)(F)F)cc3)n2)C1. The maximum atomic E-state index is 12.7. The van der Waals surface area contributed by atoms with Gasteiger partial charge in [-0.05, 0) is 44.5 Å². The molecule has 6 nitrogen and oxygen atoms in total. The number of nitrogens with two attached hydrogens (primary N) is 1. The smallest absolute Gasteiger partial charge is 0.369 e. The molecule has 2 aromatic rings. The number of carbonyl (C=O) groups excluding carboxylic acids is 2. The quantitative estimate of drug-likeness (QED) is 0.600. The molecule has 0 bridgehead atoms. The van der Waals surface area contributed by atoms with Gasteiger partial charge in [-0.25, -0.2) is 4.98 Å². The van der Waals surface area contributed by atoms with Gasteiger partial charge in [0.1, 0.15) is 5.01 Å². The van der Waals surface area contributed by atoms with Gasteiger partial charge in [-0.1, -0.05) is 12.1 Å². The van der Waals surface area contributed by atoms with Gasteiger partial charge in [0.2, 0.25) is 11.8 Å². The predicted molar refractivity (Wildman–Crippen MR) is 112 cm³/mol. The van der Waals surface area contributed by atoms with Crippen LogP contribution >= 0.6 is 11.3 Å². The lowest BCUT2D eigenvalue weighted by molar-refractivity contribution is -0.137. The number of nitrogens with one attached hydrogen (secondary N) is 1. The van der Waals surface area contributed by atoms with Crippen molar-refractivity contribution in [2.45, 2.75) is 31.9 Å². The van der Waals surface area contributed by atoms with Crippen molar-refractivity contribution in [3.8, 4) is 10.6 Å². The number of hydrogen-bond acceptors (Lipinski definition) is 5. The number of thiazole rings is 1. The molecule has 31 heavy (non-hydrogen) atoms. The van der Waals surface area contributed by atoms with Gasteiger partial charge >= 0.3 is 6.18 Å². The van der Waals surface area contributed by atoms with E-state index in [0.29, 0.717) is 29.4 Å². The first-order valence-corrected chi connectivity index (χ1v) is 11.0. The summed E-state index contributed by atoms with van der Waals surface area (Å²) in [5, 5.41) is 5.18. The van der Waals surface area contributed by atoms with Gasteiger partial charge in [0.15, 0.2) is 0 Å². The Labute approximate surface area is 182 Å². The number of aromatic nitrogens is 1. The molecule has 3 N–H and O–H groups in total. The molecule has 1 aliphatic rings. The zero-order valence-corrected chi connectivity index (χ0v) is 17.8. The molecular weight excluding hydrogens is 429 g/mol. The van der Waals surface area contributed by atoms with Gasteiger partial charge in [-0.2, -0.15) is 13.2 Å². The second-order valence-electron chi connectivity index (χ2n) is 7.64. The summed E-state index contributed by atoms with van der Waals surface area (Å²) in [4.78, 5) is 30.0. The minimum absolute atomic E-state index is 0.0909. The summed E-state index contributed by atoms with van der Waals surface area (Å²) in [6.07, 6.45) is -1.70. The van der Waals surface area contributed by atoms with Gasteiger partial charge in [-0.3, -0.25) is 9.59 Å². The van der Waals surface area contributed by atoms with Crippen molar-refractivity contribution in [3.05, 3.63) is 40.9 Å². The number of nitrogens with zero attached hydrogens (tertiary/aromatic N) is 2. The molecule has 3 rings (SSSR count). The van der Waals surface area contributed by atoms with Crippen molar-refractivity contribution in [2.24, 2.45) is 11.7 Å². The van der Waals surface area contributed by atoms with Crippen LogP contribution in [-0.2, 0) is 22.2 Å². The van der Waals surface area contributed by atoms with Crippen LogP contribution in [0.5, 0.6) is 0 Å². The Balaban J connectivity index is 1.41. The fourth-order valence-electron chi connectivity index (χ4n) is 3.57. The van der Waals surface area contributed by atoms with Crippen LogP contribution in [0.3, 0.4) is 0 Å². The zero-order valence-electron chi connectivity index (χ0n) is 17.0. The van der Waals surface area contributed by atoms with Crippen LogP contribution in [0.15, 0.2) is 29.6 Å². The molecule has 2 heterocycles. The van der Waals surface area contributed by atoms with E-state index in [1.54, 1.807) is 5.38 Å². The van der Waals surface area contributed by atoms with Gasteiger partial charge < -0.3 is 16.0 Å². The van der Waals surface area contributed by atoms with Gasteiger partial charge in [-0.15, -0.1) is 11.3 Å². The Morgan fingerprint density at radius 2 is 2.00 bits per heavy atom. The summed E-state index contributed by atoms with van der Waals surface area (Å²) >= 11 is 1.29. The number of alkyl halides is 3. The fraction of sp³-hybridized carbons (Fsp3) is 0.476. The average molecular weight is 455 g/mol. The van der Waals surface area contributed by atoms with Crippen molar-refractivity contribution in [1.82, 2.24) is 15.2 Å². The van der Waals surface area contributed by atoms with E-state index >= 15 is 0 Å². The van der Waals surface area contributed by atoms with Crippen molar-refractivity contribution in [3.63, 3.8) is 0 Å². The van der Waals surface area contributed by atoms with Crippen LogP contribution in [0.25, 0.3) is 10.6 Å². The molecule has 1 saturated heterocycles. The predicted octanol–water partition coefficient (Wildman–Crippen LogP) is 3.08. The third-order valence-electron chi connectivity index (χ3n) is 5.23. The van der Waals surface area contributed by atoms with E-state index < -0.39 is 11.7 Å². The number of likely N-dealkylation sites (tertiary alicyclic amines) is 1. The summed E-state index contributed by atoms with van der Waals surface area (Å²) in [7, 11) is 0. The van der Waals surface area contributed by atoms with Crippen LogP contribution < -0.4 is 11.1 Å². The monoisotopic (exact) mass is 454 g/mol.